The second kappa shape index (κ2) is 8.02. The molecule has 0 heterocycles. The van der Waals surface area contributed by atoms with Crippen molar-refractivity contribution in [1.29, 1.82) is 0 Å². The molecule has 0 radical (unpaired) electrons. The van der Waals surface area contributed by atoms with Crippen molar-refractivity contribution < 1.29 is 23.9 Å². The topological polar surface area (TPSA) is 100 Å². The van der Waals surface area contributed by atoms with Crippen LogP contribution >= 0.6 is 0 Å². The van der Waals surface area contributed by atoms with Crippen molar-refractivity contribution in [2.45, 2.75) is 53.1 Å². The van der Waals surface area contributed by atoms with Crippen LogP contribution in [0.25, 0.3) is 5.53 Å². The van der Waals surface area contributed by atoms with E-state index < -0.39 is 23.5 Å². The molecule has 0 spiro atoms. The molecule has 1 saturated carbocycles. The van der Waals surface area contributed by atoms with Gasteiger partial charge in [0.25, 0.3) is 0 Å². The third-order valence-electron chi connectivity index (χ3n) is 4.49. The first-order valence-electron chi connectivity index (χ1n) is 7.90. The normalized spacial score (nSPS) is 23.8. The van der Waals surface area contributed by atoms with Crippen LogP contribution in [0.4, 0.5) is 0 Å². The van der Waals surface area contributed by atoms with E-state index in [1.165, 1.54) is 14.0 Å². The monoisotopic (exact) mass is 323 g/mol. The summed E-state index contributed by atoms with van der Waals surface area (Å²) in [5.74, 6) is -1.56. The molecular formula is C16H25N3O4. The van der Waals surface area contributed by atoms with Gasteiger partial charge < -0.3 is 10.3 Å². The number of rotatable bonds is 4. The second-order valence-corrected chi connectivity index (χ2v) is 6.60. The smallest absolute Gasteiger partial charge is 0.453 e. The summed E-state index contributed by atoms with van der Waals surface area (Å²) in [6.07, 6.45) is 2.41. The molecule has 1 aliphatic carbocycles. The second-order valence-electron chi connectivity index (χ2n) is 6.60. The van der Waals surface area contributed by atoms with E-state index in [0.717, 1.165) is 12.8 Å². The highest BCUT2D eigenvalue weighted by atomic mass is 16.5. The maximum Gasteiger partial charge on any atom is 0.463 e. The van der Waals surface area contributed by atoms with Crippen molar-refractivity contribution in [1.82, 2.24) is 4.90 Å². The highest BCUT2D eigenvalue weighted by molar-refractivity contribution is 6.62. The quantitative estimate of drug-likeness (QED) is 0.258. The molecule has 0 aromatic heterocycles. The van der Waals surface area contributed by atoms with Crippen LogP contribution in [0, 0.1) is 17.8 Å². The molecule has 7 nitrogen and oxygen atoms in total. The number of carbonyl (C=O) groups excluding carboxylic acids is 3. The highest BCUT2D eigenvalue weighted by Crippen LogP contribution is 2.35. The molecule has 128 valence electrons. The lowest BCUT2D eigenvalue weighted by Gasteiger charge is -2.36. The molecule has 0 aromatic rings. The van der Waals surface area contributed by atoms with Gasteiger partial charge in [-0.25, -0.2) is 4.79 Å². The van der Waals surface area contributed by atoms with Crippen LogP contribution in [-0.4, -0.2) is 46.3 Å². The Labute approximate surface area is 136 Å². The fraction of sp³-hybridized carbons (Fsp3) is 0.750. The number of nitrogens with zero attached hydrogens (tertiary/aromatic N) is 3. The number of imide groups is 1. The maximum atomic E-state index is 12.2. The maximum absolute atomic E-state index is 12.2. The average Bonchev–Trinajstić information content (AvgIpc) is 2.46. The minimum Gasteiger partial charge on any atom is -0.453 e. The largest absolute Gasteiger partial charge is 0.463 e. The molecule has 1 rings (SSSR count). The minimum atomic E-state index is -0.990. The third kappa shape index (κ3) is 4.73. The van der Waals surface area contributed by atoms with Crippen molar-refractivity contribution in [3.8, 4) is 0 Å². The van der Waals surface area contributed by atoms with E-state index in [4.69, 9.17) is 10.3 Å². The van der Waals surface area contributed by atoms with Crippen molar-refractivity contribution in [3.05, 3.63) is 5.53 Å². The lowest BCUT2D eigenvalue weighted by molar-refractivity contribution is -0.154. The van der Waals surface area contributed by atoms with Gasteiger partial charge >= 0.3 is 17.6 Å². The summed E-state index contributed by atoms with van der Waals surface area (Å²) in [6, 6.07) is 0. The molecule has 0 unspecified atom stereocenters. The van der Waals surface area contributed by atoms with Crippen molar-refractivity contribution in [2.24, 2.45) is 17.8 Å². The van der Waals surface area contributed by atoms with Gasteiger partial charge in [-0.3, -0.25) is 14.5 Å². The third-order valence-corrected chi connectivity index (χ3v) is 4.49. The van der Waals surface area contributed by atoms with Gasteiger partial charge in [0, 0.05) is 14.0 Å². The Kier molecular flexibility index (Phi) is 6.63. The van der Waals surface area contributed by atoms with E-state index in [2.05, 4.69) is 25.6 Å². The zero-order valence-electron chi connectivity index (χ0n) is 14.4. The molecule has 3 atom stereocenters. The first kappa shape index (κ1) is 19.0. The summed E-state index contributed by atoms with van der Waals surface area (Å²) in [6.45, 7) is 7.40. The van der Waals surface area contributed by atoms with E-state index in [9.17, 15) is 14.4 Å². The van der Waals surface area contributed by atoms with Gasteiger partial charge in [-0.2, -0.15) is 4.79 Å². The molecule has 1 fully saturated rings. The molecule has 0 aliphatic heterocycles. The molecule has 0 N–H and O–H groups in total. The zero-order chi connectivity index (χ0) is 17.7. The standard InChI is InChI=1S/C16H25N3O4/c1-9(2)12-7-6-10(3)8-13(12)23-16(22)14(18-17)15(21)19(5)11(4)20/h9-10,12-13H,6-8H2,1-5H3/t10-,12+,13-/m1/s1. The lowest BCUT2D eigenvalue weighted by Crippen LogP contribution is -2.44. The van der Waals surface area contributed by atoms with Crippen molar-refractivity contribution >= 4 is 23.5 Å². The van der Waals surface area contributed by atoms with Crippen molar-refractivity contribution in [3.63, 3.8) is 0 Å². The van der Waals surface area contributed by atoms with E-state index in [1.807, 2.05) is 0 Å². The average molecular weight is 323 g/mol. The molecule has 23 heavy (non-hydrogen) atoms. The number of esters is 1. The fourth-order valence-corrected chi connectivity index (χ4v) is 2.92. The predicted octanol–water partition coefficient (Wildman–Crippen LogP) is 1.67. The molecule has 1 aliphatic rings. The molecule has 0 saturated heterocycles. The van der Waals surface area contributed by atoms with E-state index in [-0.39, 0.29) is 12.0 Å². The van der Waals surface area contributed by atoms with Crippen LogP contribution in [0.1, 0.15) is 47.0 Å². The van der Waals surface area contributed by atoms with Crippen LogP contribution in [-0.2, 0) is 19.1 Å². The van der Waals surface area contributed by atoms with Crippen molar-refractivity contribution in [2.75, 3.05) is 7.05 Å². The number of hydrogen-bond donors (Lipinski definition) is 0. The Hall–Kier alpha value is -2.01. The Morgan fingerprint density at radius 2 is 1.87 bits per heavy atom. The summed E-state index contributed by atoms with van der Waals surface area (Å²) >= 11 is 0. The lowest BCUT2D eigenvalue weighted by atomic mass is 9.75. The van der Waals surface area contributed by atoms with Gasteiger partial charge in [0.05, 0.1) is 0 Å². The van der Waals surface area contributed by atoms with Gasteiger partial charge in [-0.15, -0.1) is 0 Å². The zero-order valence-corrected chi connectivity index (χ0v) is 14.4. The molecule has 7 heteroatoms. The number of hydrogen-bond acceptors (Lipinski definition) is 4. The van der Waals surface area contributed by atoms with Crippen LogP contribution < -0.4 is 0 Å². The molecule has 0 bridgehead atoms. The summed E-state index contributed by atoms with van der Waals surface area (Å²) in [5.41, 5.74) is 8.21. The van der Waals surface area contributed by atoms with E-state index >= 15 is 0 Å². The van der Waals surface area contributed by atoms with Gasteiger partial charge in [0.15, 0.2) is 0 Å². The number of carbonyl (C=O) groups is 3. The predicted molar refractivity (Wildman–Crippen MR) is 83.3 cm³/mol. The first-order valence-corrected chi connectivity index (χ1v) is 7.90. The minimum absolute atomic E-state index is 0.204. The summed E-state index contributed by atoms with van der Waals surface area (Å²) < 4.78 is 5.45. The van der Waals surface area contributed by atoms with Crippen LogP contribution in [0.15, 0.2) is 0 Å². The summed E-state index contributed by atoms with van der Waals surface area (Å²) in [5, 5.41) is 0. The number of amides is 2. The van der Waals surface area contributed by atoms with Crippen LogP contribution in [0.2, 0.25) is 0 Å². The number of ether oxygens (including phenoxy) is 1. The molecule has 0 aromatic carbocycles. The Bertz CT molecular complexity index is 537. The SMILES string of the molecule is CC(=O)N(C)C(=O)C(=[N+]=[N-])C(=O)O[C@@H]1C[C@H](C)CC[C@H]1C(C)C. The summed E-state index contributed by atoms with van der Waals surface area (Å²) in [7, 11) is 1.21. The molecular weight excluding hydrogens is 298 g/mol. The fourth-order valence-electron chi connectivity index (χ4n) is 2.92. The van der Waals surface area contributed by atoms with E-state index in [1.54, 1.807) is 0 Å². The van der Waals surface area contributed by atoms with Gasteiger partial charge in [-0.1, -0.05) is 27.2 Å². The van der Waals surface area contributed by atoms with Crippen LogP contribution in [0.3, 0.4) is 0 Å². The Morgan fingerprint density at radius 3 is 2.35 bits per heavy atom. The summed E-state index contributed by atoms with van der Waals surface area (Å²) in [4.78, 5) is 38.9. The first-order chi connectivity index (χ1) is 10.7. The Balaban J connectivity index is 2.88. The van der Waals surface area contributed by atoms with E-state index in [0.29, 0.717) is 23.2 Å². The van der Waals surface area contributed by atoms with Gasteiger partial charge in [0.2, 0.25) is 5.91 Å². The Morgan fingerprint density at radius 1 is 1.26 bits per heavy atom. The van der Waals surface area contributed by atoms with Crippen LogP contribution in [0.5, 0.6) is 0 Å². The highest BCUT2D eigenvalue weighted by Gasteiger charge is 2.40. The molecule has 2 amide bonds. The van der Waals surface area contributed by atoms with Gasteiger partial charge in [0.1, 0.15) is 6.10 Å². The van der Waals surface area contributed by atoms with Gasteiger partial charge in [-0.05, 0) is 30.6 Å².